The Morgan fingerprint density at radius 3 is 1.48 bits per heavy atom. The average Bonchev–Trinajstić information content (AvgIpc) is 2.54. The second-order valence-electron chi connectivity index (χ2n) is 6.12. The van der Waals surface area contributed by atoms with Gasteiger partial charge in [-0.2, -0.15) is 0 Å². The predicted octanol–water partition coefficient (Wildman–Crippen LogP) is 5.18. The standard InChI is InChI=1S/C19H36O4/c1-3-5-7-8-13-17-23-19(21)15-11-9-10-14-18(20)22-16-12-6-4-2/h3-17H2,1-2H3. The van der Waals surface area contributed by atoms with Gasteiger partial charge in [0.2, 0.25) is 0 Å². The van der Waals surface area contributed by atoms with Crippen molar-refractivity contribution in [1.29, 1.82) is 0 Å². The maximum Gasteiger partial charge on any atom is 0.305 e. The first kappa shape index (κ1) is 21.9. The van der Waals surface area contributed by atoms with Crippen molar-refractivity contribution in [3.63, 3.8) is 0 Å². The molecule has 0 atom stereocenters. The molecule has 0 aromatic carbocycles. The van der Waals surface area contributed by atoms with Gasteiger partial charge in [-0.25, -0.2) is 0 Å². The van der Waals surface area contributed by atoms with Crippen LogP contribution in [-0.4, -0.2) is 25.2 Å². The maximum absolute atomic E-state index is 11.5. The van der Waals surface area contributed by atoms with E-state index in [4.69, 9.17) is 9.47 Å². The lowest BCUT2D eigenvalue weighted by Gasteiger charge is -2.05. The van der Waals surface area contributed by atoms with Gasteiger partial charge in [0.1, 0.15) is 0 Å². The zero-order valence-corrected chi connectivity index (χ0v) is 15.2. The van der Waals surface area contributed by atoms with Crippen molar-refractivity contribution in [2.75, 3.05) is 13.2 Å². The van der Waals surface area contributed by atoms with Crippen LogP contribution in [0.5, 0.6) is 0 Å². The summed E-state index contributed by atoms with van der Waals surface area (Å²) in [5.74, 6) is -0.224. The Hall–Kier alpha value is -1.06. The normalized spacial score (nSPS) is 10.5. The topological polar surface area (TPSA) is 52.6 Å². The number of hydrogen-bond acceptors (Lipinski definition) is 4. The fourth-order valence-corrected chi connectivity index (χ4v) is 2.29. The van der Waals surface area contributed by atoms with Crippen molar-refractivity contribution < 1.29 is 19.1 Å². The van der Waals surface area contributed by atoms with Crippen molar-refractivity contribution in [1.82, 2.24) is 0 Å². The van der Waals surface area contributed by atoms with Crippen LogP contribution in [0, 0.1) is 0 Å². The molecule has 0 aliphatic heterocycles. The van der Waals surface area contributed by atoms with E-state index in [-0.39, 0.29) is 11.9 Å². The predicted molar refractivity (Wildman–Crippen MR) is 93.3 cm³/mol. The minimum atomic E-state index is -0.115. The summed E-state index contributed by atoms with van der Waals surface area (Å²) in [6.45, 7) is 5.40. The SMILES string of the molecule is CCCCCCCOC(=O)CCCCCC(=O)OCCCCC. The maximum atomic E-state index is 11.5. The molecule has 0 aliphatic rings. The van der Waals surface area contributed by atoms with E-state index >= 15 is 0 Å². The van der Waals surface area contributed by atoms with E-state index in [1.54, 1.807) is 0 Å². The van der Waals surface area contributed by atoms with Crippen molar-refractivity contribution >= 4 is 11.9 Å². The fraction of sp³-hybridized carbons (Fsp3) is 0.895. The molecule has 0 N–H and O–H groups in total. The van der Waals surface area contributed by atoms with Crippen LogP contribution in [-0.2, 0) is 19.1 Å². The lowest BCUT2D eigenvalue weighted by molar-refractivity contribution is -0.144. The Balaban J connectivity index is 3.30. The molecule has 0 aromatic rings. The van der Waals surface area contributed by atoms with E-state index in [9.17, 15) is 9.59 Å². The third-order valence-electron chi connectivity index (χ3n) is 3.78. The van der Waals surface area contributed by atoms with Crippen molar-refractivity contribution in [3.05, 3.63) is 0 Å². The highest BCUT2D eigenvalue weighted by Crippen LogP contribution is 2.07. The quantitative estimate of drug-likeness (QED) is 0.289. The molecule has 0 spiro atoms. The van der Waals surface area contributed by atoms with Crippen LogP contribution in [0.2, 0.25) is 0 Å². The molecule has 0 radical (unpaired) electrons. The summed E-state index contributed by atoms with van der Waals surface area (Å²) in [6, 6.07) is 0. The molecular weight excluding hydrogens is 292 g/mol. The van der Waals surface area contributed by atoms with E-state index in [1.807, 2.05) is 0 Å². The van der Waals surface area contributed by atoms with Crippen LogP contribution in [0.1, 0.15) is 97.3 Å². The molecular formula is C19H36O4. The van der Waals surface area contributed by atoms with Crippen LogP contribution in [0.15, 0.2) is 0 Å². The van der Waals surface area contributed by atoms with Crippen LogP contribution < -0.4 is 0 Å². The second kappa shape index (κ2) is 17.3. The second-order valence-corrected chi connectivity index (χ2v) is 6.12. The molecule has 0 bridgehead atoms. The summed E-state index contributed by atoms with van der Waals surface area (Å²) < 4.78 is 10.3. The Morgan fingerprint density at radius 1 is 0.565 bits per heavy atom. The molecule has 0 heterocycles. The lowest BCUT2D eigenvalue weighted by atomic mass is 10.1. The monoisotopic (exact) mass is 328 g/mol. The Bertz CT molecular complexity index is 289. The summed E-state index contributed by atoms with van der Waals surface area (Å²) >= 11 is 0. The van der Waals surface area contributed by atoms with Crippen LogP contribution >= 0.6 is 0 Å². The zero-order valence-electron chi connectivity index (χ0n) is 15.2. The summed E-state index contributed by atoms with van der Waals surface area (Å²) in [4.78, 5) is 23.0. The fourth-order valence-electron chi connectivity index (χ4n) is 2.29. The molecule has 0 saturated carbocycles. The molecule has 0 amide bonds. The summed E-state index contributed by atoms with van der Waals surface area (Å²) in [5.41, 5.74) is 0. The van der Waals surface area contributed by atoms with Gasteiger partial charge in [-0.1, -0.05) is 58.8 Å². The third-order valence-corrected chi connectivity index (χ3v) is 3.78. The number of esters is 2. The first-order valence-corrected chi connectivity index (χ1v) is 9.52. The van der Waals surface area contributed by atoms with E-state index in [2.05, 4.69) is 13.8 Å². The van der Waals surface area contributed by atoms with E-state index in [1.165, 1.54) is 19.3 Å². The third kappa shape index (κ3) is 17.1. The van der Waals surface area contributed by atoms with E-state index in [0.29, 0.717) is 26.1 Å². The highest BCUT2D eigenvalue weighted by atomic mass is 16.5. The molecule has 23 heavy (non-hydrogen) atoms. The number of carbonyl (C=O) groups is 2. The van der Waals surface area contributed by atoms with Gasteiger partial charge in [-0.3, -0.25) is 9.59 Å². The minimum absolute atomic E-state index is 0.109. The van der Waals surface area contributed by atoms with E-state index in [0.717, 1.165) is 51.4 Å². The highest BCUT2D eigenvalue weighted by Gasteiger charge is 2.05. The summed E-state index contributed by atoms with van der Waals surface area (Å²) in [5, 5.41) is 0. The molecule has 136 valence electrons. The number of rotatable bonds is 16. The minimum Gasteiger partial charge on any atom is -0.466 e. The van der Waals surface area contributed by atoms with Gasteiger partial charge < -0.3 is 9.47 Å². The zero-order chi connectivity index (χ0) is 17.2. The number of ether oxygens (including phenoxy) is 2. The molecule has 4 heteroatoms. The van der Waals surface area contributed by atoms with Crippen molar-refractivity contribution in [2.24, 2.45) is 0 Å². The molecule has 0 aromatic heterocycles. The van der Waals surface area contributed by atoms with Crippen LogP contribution in [0.25, 0.3) is 0 Å². The Kier molecular flexibility index (Phi) is 16.5. The van der Waals surface area contributed by atoms with Gasteiger partial charge in [0.15, 0.2) is 0 Å². The van der Waals surface area contributed by atoms with Crippen molar-refractivity contribution in [2.45, 2.75) is 97.3 Å². The molecule has 0 fully saturated rings. The van der Waals surface area contributed by atoms with Crippen LogP contribution in [0.3, 0.4) is 0 Å². The smallest absolute Gasteiger partial charge is 0.305 e. The molecule has 0 aliphatic carbocycles. The number of unbranched alkanes of at least 4 members (excludes halogenated alkanes) is 8. The highest BCUT2D eigenvalue weighted by molar-refractivity contribution is 5.69. The lowest BCUT2D eigenvalue weighted by Crippen LogP contribution is -2.07. The Labute approximate surface area is 142 Å². The van der Waals surface area contributed by atoms with Gasteiger partial charge in [0.25, 0.3) is 0 Å². The first-order chi connectivity index (χ1) is 11.2. The largest absolute Gasteiger partial charge is 0.466 e. The first-order valence-electron chi connectivity index (χ1n) is 9.52. The van der Waals surface area contributed by atoms with Gasteiger partial charge in [-0.15, -0.1) is 0 Å². The number of carbonyl (C=O) groups excluding carboxylic acids is 2. The van der Waals surface area contributed by atoms with Gasteiger partial charge in [0.05, 0.1) is 13.2 Å². The Morgan fingerprint density at radius 2 is 0.957 bits per heavy atom. The molecule has 4 nitrogen and oxygen atoms in total. The van der Waals surface area contributed by atoms with Crippen molar-refractivity contribution in [3.8, 4) is 0 Å². The number of hydrogen-bond donors (Lipinski definition) is 0. The average molecular weight is 328 g/mol. The van der Waals surface area contributed by atoms with Gasteiger partial charge in [-0.05, 0) is 25.7 Å². The molecule has 0 unspecified atom stereocenters. The van der Waals surface area contributed by atoms with E-state index < -0.39 is 0 Å². The van der Waals surface area contributed by atoms with Crippen LogP contribution in [0.4, 0.5) is 0 Å². The van der Waals surface area contributed by atoms with Gasteiger partial charge in [0, 0.05) is 12.8 Å². The summed E-state index contributed by atoms with van der Waals surface area (Å²) in [7, 11) is 0. The summed E-state index contributed by atoms with van der Waals surface area (Å²) in [6.07, 6.45) is 12.4. The van der Waals surface area contributed by atoms with Gasteiger partial charge >= 0.3 is 11.9 Å². The molecule has 0 saturated heterocycles. The molecule has 0 rings (SSSR count).